The highest BCUT2D eigenvalue weighted by atomic mass is 19.3. The minimum Gasteiger partial charge on any atom is -0.350 e. The molecular weight excluding hydrogens is 178 g/mol. The average Bonchev–Trinajstić information content (AvgIpc) is 2.48. The Kier molecular flexibility index (Phi) is 2.82. The molecule has 0 unspecified atom stereocenters. The first kappa shape index (κ1) is 9.91. The maximum atomic E-state index is 12.7. The molecule has 0 spiro atoms. The molecule has 0 saturated heterocycles. The molecule has 6 heteroatoms. The van der Waals surface area contributed by atoms with E-state index in [0.29, 0.717) is 5.95 Å². The lowest BCUT2D eigenvalue weighted by Crippen LogP contribution is -2.35. The smallest absolute Gasteiger partial charge is 0.277 e. The van der Waals surface area contributed by atoms with E-state index >= 15 is 0 Å². The largest absolute Gasteiger partial charge is 0.350 e. The van der Waals surface area contributed by atoms with E-state index in [9.17, 15) is 8.78 Å². The third kappa shape index (κ3) is 2.66. The fourth-order valence-corrected chi connectivity index (χ4v) is 0.816. The van der Waals surface area contributed by atoms with Gasteiger partial charge in [0.1, 0.15) is 0 Å². The van der Waals surface area contributed by atoms with Gasteiger partial charge < -0.3 is 15.6 Å². The molecule has 0 fully saturated rings. The summed E-state index contributed by atoms with van der Waals surface area (Å²) in [6.45, 7) is -1.15. The molecule has 1 rings (SSSR count). The van der Waals surface area contributed by atoms with Gasteiger partial charge in [-0.3, -0.25) is 0 Å². The second kappa shape index (κ2) is 3.69. The second-order valence-corrected chi connectivity index (χ2v) is 2.78. The van der Waals surface area contributed by atoms with Crippen molar-refractivity contribution >= 4 is 5.95 Å². The first-order valence-electron chi connectivity index (χ1n) is 3.84. The molecule has 0 aliphatic rings. The molecule has 0 aromatic carbocycles. The number of halogens is 2. The molecule has 0 aliphatic heterocycles. The summed E-state index contributed by atoms with van der Waals surface area (Å²) in [5, 5.41) is 2.51. The van der Waals surface area contributed by atoms with Crippen LogP contribution in [-0.2, 0) is 7.05 Å². The first-order valence-corrected chi connectivity index (χ1v) is 3.84. The fraction of sp³-hybridized carbons (Fsp3) is 0.571. The van der Waals surface area contributed by atoms with E-state index in [1.165, 1.54) is 6.20 Å². The molecule has 1 heterocycles. The number of alkyl halides is 2. The molecule has 0 atom stereocenters. The molecule has 1 aromatic rings. The number of aryl methyl sites for hydroxylation is 1. The first-order chi connectivity index (χ1) is 6.05. The van der Waals surface area contributed by atoms with Crippen LogP contribution >= 0.6 is 0 Å². The van der Waals surface area contributed by atoms with Crippen LogP contribution in [0.2, 0.25) is 0 Å². The quantitative estimate of drug-likeness (QED) is 0.723. The molecular formula is C7H12F2N4. The van der Waals surface area contributed by atoms with E-state index in [2.05, 4.69) is 10.3 Å². The second-order valence-electron chi connectivity index (χ2n) is 2.78. The van der Waals surface area contributed by atoms with Crippen molar-refractivity contribution in [3.8, 4) is 0 Å². The van der Waals surface area contributed by atoms with E-state index in [1.54, 1.807) is 17.8 Å². The maximum Gasteiger partial charge on any atom is 0.277 e. The Bertz CT molecular complexity index is 271. The fourth-order valence-electron chi connectivity index (χ4n) is 0.816. The standard InChI is InChI=1S/C7H12F2N4/c1-13-3-2-11-6(13)12-5-7(8,9)4-10/h2-3H,4-5,10H2,1H3,(H,11,12). The van der Waals surface area contributed by atoms with Crippen LogP contribution in [0.5, 0.6) is 0 Å². The van der Waals surface area contributed by atoms with Gasteiger partial charge in [-0.1, -0.05) is 0 Å². The molecule has 0 radical (unpaired) electrons. The van der Waals surface area contributed by atoms with Crippen LogP contribution in [-0.4, -0.2) is 28.6 Å². The Morgan fingerprint density at radius 3 is 2.85 bits per heavy atom. The summed E-state index contributed by atoms with van der Waals surface area (Å²) < 4.78 is 26.9. The van der Waals surface area contributed by atoms with Gasteiger partial charge in [0.2, 0.25) is 5.95 Å². The van der Waals surface area contributed by atoms with E-state index in [1.807, 2.05) is 0 Å². The van der Waals surface area contributed by atoms with E-state index in [4.69, 9.17) is 5.73 Å². The monoisotopic (exact) mass is 190 g/mol. The molecule has 0 amide bonds. The van der Waals surface area contributed by atoms with Crippen molar-refractivity contribution in [2.24, 2.45) is 12.8 Å². The molecule has 13 heavy (non-hydrogen) atoms. The molecule has 1 aromatic heterocycles. The third-order valence-corrected chi connectivity index (χ3v) is 1.62. The van der Waals surface area contributed by atoms with Gasteiger partial charge in [-0.2, -0.15) is 0 Å². The van der Waals surface area contributed by atoms with Gasteiger partial charge in [0.15, 0.2) is 0 Å². The Morgan fingerprint density at radius 2 is 2.38 bits per heavy atom. The van der Waals surface area contributed by atoms with Gasteiger partial charge in [0.25, 0.3) is 5.92 Å². The summed E-state index contributed by atoms with van der Waals surface area (Å²) in [4.78, 5) is 3.83. The van der Waals surface area contributed by atoms with Crippen molar-refractivity contribution in [3.05, 3.63) is 12.4 Å². The van der Waals surface area contributed by atoms with Crippen LogP contribution in [0.15, 0.2) is 12.4 Å². The van der Waals surface area contributed by atoms with Gasteiger partial charge in [0, 0.05) is 19.4 Å². The van der Waals surface area contributed by atoms with Crippen molar-refractivity contribution in [1.29, 1.82) is 0 Å². The van der Waals surface area contributed by atoms with Crippen LogP contribution in [0.1, 0.15) is 0 Å². The number of hydrogen-bond donors (Lipinski definition) is 2. The maximum absolute atomic E-state index is 12.7. The van der Waals surface area contributed by atoms with Crippen molar-refractivity contribution in [3.63, 3.8) is 0 Å². The van der Waals surface area contributed by atoms with Gasteiger partial charge >= 0.3 is 0 Å². The van der Waals surface area contributed by atoms with Crippen molar-refractivity contribution in [1.82, 2.24) is 9.55 Å². The summed E-state index contributed by atoms with van der Waals surface area (Å²) >= 11 is 0. The highest BCUT2D eigenvalue weighted by molar-refractivity contribution is 5.25. The van der Waals surface area contributed by atoms with Crippen molar-refractivity contribution < 1.29 is 8.78 Å². The normalized spacial score (nSPS) is 11.7. The zero-order valence-corrected chi connectivity index (χ0v) is 7.30. The summed E-state index contributed by atoms with van der Waals surface area (Å²) in [5.41, 5.74) is 4.87. The van der Waals surface area contributed by atoms with Gasteiger partial charge in [0.05, 0.1) is 13.1 Å². The number of rotatable bonds is 4. The SMILES string of the molecule is Cn1ccnc1NCC(F)(F)CN. The summed E-state index contributed by atoms with van der Waals surface area (Å²) in [6.07, 6.45) is 3.20. The highest BCUT2D eigenvalue weighted by Gasteiger charge is 2.26. The number of hydrogen-bond acceptors (Lipinski definition) is 3. The summed E-state index contributed by atoms with van der Waals surface area (Å²) in [5.74, 6) is -2.47. The predicted octanol–water partition coefficient (Wildman–Crippen LogP) is 0.426. The predicted molar refractivity (Wildman–Crippen MR) is 45.7 cm³/mol. The molecule has 0 bridgehead atoms. The number of nitrogens with one attached hydrogen (secondary N) is 1. The van der Waals surface area contributed by atoms with Crippen LogP contribution in [0, 0.1) is 0 Å². The van der Waals surface area contributed by atoms with E-state index < -0.39 is 19.0 Å². The van der Waals surface area contributed by atoms with Crippen molar-refractivity contribution in [2.75, 3.05) is 18.4 Å². The van der Waals surface area contributed by atoms with Crippen LogP contribution in [0.3, 0.4) is 0 Å². The van der Waals surface area contributed by atoms with Gasteiger partial charge in [-0.05, 0) is 0 Å². The van der Waals surface area contributed by atoms with Gasteiger partial charge in [-0.25, -0.2) is 13.8 Å². The van der Waals surface area contributed by atoms with Crippen LogP contribution < -0.4 is 11.1 Å². The molecule has 74 valence electrons. The number of anilines is 1. The summed E-state index contributed by atoms with van der Waals surface area (Å²) in [6, 6.07) is 0. The lowest BCUT2D eigenvalue weighted by molar-refractivity contribution is 0.0252. The topological polar surface area (TPSA) is 55.9 Å². The van der Waals surface area contributed by atoms with Crippen molar-refractivity contribution in [2.45, 2.75) is 5.92 Å². The van der Waals surface area contributed by atoms with Gasteiger partial charge in [-0.15, -0.1) is 0 Å². The Morgan fingerprint density at radius 1 is 1.69 bits per heavy atom. The zero-order valence-electron chi connectivity index (χ0n) is 7.30. The number of nitrogens with two attached hydrogens (primary N) is 1. The average molecular weight is 190 g/mol. The minimum atomic E-state index is -2.88. The van der Waals surface area contributed by atoms with E-state index in [0.717, 1.165) is 0 Å². The zero-order chi connectivity index (χ0) is 9.90. The molecule has 4 nitrogen and oxygen atoms in total. The van der Waals surface area contributed by atoms with E-state index in [-0.39, 0.29) is 0 Å². The number of nitrogens with zero attached hydrogens (tertiary/aromatic N) is 2. The Balaban J connectivity index is 2.48. The van der Waals surface area contributed by atoms with Crippen LogP contribution in [0.25, 0.3) is 0 Å². The Hall–Kier alpha value is -1.17. The minimum absolute atomic E-state index is 0.410. The number of aromatic nitrogens is 2. The summed E-state index contributed by atoms with van der Waals surface area (Å²) in [7, 11) is 1.72. The number of imidazole rings is 1. The Labute approximate surface area is 74.8 Å². The lowest BCUT2D eigenvalue weighted by Gasteiger charge is -2.14. The molecule has 0 aliphatic carbocycles. The van der Waals surface area contributed by atoms with Crippen LogP contribution in [0.4, 0.5) is 14.7 Å². The lowest BCUT2D eigenvalue weighted by atomic mass is 10.3. The highest BCUT2D eigenvalue weighted by Crippen LogP contribution is 2.12. The third-order valence-electron chi connectivity index (χ3n) is 1.62. The molecule has 3 N–H and O–H groups in total. The molecule has 0 saturated carbocycles.